The Bertz CT molecular complexity index is 433. The fourth-order valence-electron chi connectivity index (χ4n) is 1.04. The maximum absolute atomic E-state index is 11.1. The molecule has 0 saturated carbocycles. The number of nitrogens with one attached hydrogen (secondary N) is 1. The fraction of sp³-hybridized carbons (Fsp3) is 0. The van der Waals surface area contributed by atoms with E-state index in [2.05, 4.69) is 10.2 Å². The van der Waals surface area contributed by atoms with Crippen LogP contribution >= 0.6 is 0 Å². The Morgan fingerprint density at radius 1 is 1.36 bits per heavy atom. The van der Waals surface area contributed by atoms with E-state index in [9.17, 15) is 4.79 Å². The van der Waals surface area contributed by atoms with E-state index in [0.29, 0.717) is 5.39 Å². The van der Waals surface area contributed by atoms with Gasteiger partial charge < -0.3 is 0 Å². The van der Waals surface area contributed by atoms with E-state index in [4.69, 9.17) is 0 Å². The molecule has 3 nitrogen and oxygen atoms in total. The van der Waals surface area contributed by atoms with Gasteiger partial charge in [-0.05, 0) is 6.07 Å². The van der Waals surface area contributed by atoms with Gasteiger partial charge in [-0.15, -0.1) is 0 Å². The SMILES string of the molecule is O=c1[nH]ncc2ccccc12.[H+]. The summed E-state index contributed by atoms with van der Waals surface area (Å²) in [6.07, 6.45) is 1.64. The molecule has 3 heteroatoms. The van der Waals surface area contributed by atoms with Gasteiger partial charge in [0.15, 0.2) is 0 Å². The molecule has 0 spiro atoms. The zero-order valence-electron chi connectivity index (χ0n) is 6.74. The number of fused-ring (bicyclic) bond motifs is 1. The van der Waals surface area contributed by atoms with Crippen molar-refractivity contribution in [3.05, 3.63) is 40.8 Å². The van der Waals surface area contributed by atoms with Gasteiger partial charge in [0, 0.05) is 10.8 Å². The van der Waals surface area contributed by atoms with Crippen molar-refractivity contribution in [3.8, 4) is 0 Å². The molecule has 2 aromatic rings. The van der Waals surface area contributed by atoms with Crippen molar-refractivity contribution >= 4 is 10.8 Å². The minimum absolute atomic E-state index is 0. The van der Waals surface area contributed by atoms with E-state index in [1.54, 1.807) is 12.3 Å². The zero-order valence-corrected chi connectivity index (χ0v) is 5.74. The van der Waals surface area contributed by atoms with Gasteiger partial charge in [-0.3, -0.25) is 4.79 Å². The van der Waals surface area contributed by atoms with Gasteiger partial charge in [-0.2, -0.15) is 5.10 Å². The Kier molecular flexibility index (Phi) is 1.22. The first-order chi connectivity index (χ1) is 5.38. The lowest BCUT2D eigenvalue weighted by Gasteiger charge is -1.91. The second-order valence-electron chi connectivity index (χ2n) is 2.29. The molecule has 0 amide bonds. The van der Waals surface area contributed by atoms with Crippen LogP contribution < -0.4 is 5.56 Å². The molecule has 11 heavy (non-hydrogen) atoms. The summed E-state index contributed by atoms with van der Waals surface area (Å²) < 4.78 is 0. The summed E-state index contributed by atoms with van der Waals surface area (Å²) in [6.45, 7) is 0. The first kappa shape index (κ1) is 6.09. The van der Waals surface area contributed by atoms with Crippen LogP contribution in [0.1, 0.15) is 1.43 Å². The third-order valence-electron chi connectivity index (χ3n) is 1.58. The van der Waals surface area contributed by atoms with Crippen molar-refractivity contribution in [2.75, 3.05) is 0 Å². The van der Waals surface area contributed by atoms with E-state index in [-0.39, 0.29) is 6.99 Å². The smallest absolute Gasteiger partial charge is 0.267 e. The summed E-state index contributed by atoms with van der Waals surface area (Å²) in [7, 11) is 0. The fourth-order valence-corrected chi connectivity index (χ4v) is 1.04. The summed E-state index contributed by atoms with van der Waals surface area (Å²) in [5.74, 6) is 0. The van der Waals surface area contributed by atoms with E-state index >= 15 is 0 Å². The van der Waals surface area contributed by atoms with Gasteiger partial charge >= 0.3 is 1.43 Å². The maximum Gasteiger partial charge on any atom is 1.00 e. The minimum Gasteiger partial charge on any atom is -0.267 e. The molecular formula is C8H7N2O+. The van der Waals surface area contributed by atoms with Crippen LogP contribution in [0.4, 0.5) is 0 Å². The van der Waals surface area contributed by atoms with E-state index < -0.39 is 0 Å². The number of H-pyrrole nitrogens is 1. The van der Waals surface area contributed by atoms with Crippen LogP contribution in [0.5, 0.6) is 0 Å². The maximum atomic E-state index is 11.1. The van der Waals surface area contributed by atoms with E-state index in [1.165, 1.54) is 0 Å². The average molecular weight is 147 g/mol. The van der Waals surface area contributed by atoms with Crippen molar-refractivity contribution in [1.82, 2.24) is 10.2 Å². The van der Waals surface area contributed by atoms with Crippen LogP contribution in [0.3, 0.4) is 0 Å². The molecule has 1 heterocycles. The first-order valence-electron chi connectivity index (χ1n) is 3.30. The molecule has 0 radical (unpaired) electrons. The predicted molar refractivity (Wildman–Crippen MR) is 43.5 cm³/mol. The van der Waals surface area contributed by atoms with Gasteiger partial charge in [0.05, 0.1) is 6.20 Å². The molecular weight excluding hydrogens is 140 g/mol. The van der Waals surface area contributed by atoms with Gasteiger partial charge in [-0.25, -0.2) is 5.10 Å². The molecule has 0 aliphatic rings. The van der Waals surface area contributed by atoms with Crippen molar-refractivity contribution in [1.29, 1.82) is 0 Å². The van der Waals surface area contributed by atoms with Crippen LogP contribution in [-0.4, -0.2) is 10.2 Å². The van der Waals surface area contributed by atoms with Gasteiger partial charge in [0.2, 0.25) is 0 Å². The predicted octanol–water partition coefficient (Wildman–Crippen LogP) is 1.04. The minimum atomic E-state index is -0.136. The lowest BCUT2D eigenvalue weighted by atomic mass is 10.2. The molecule has 0 aliphatic heterocycles. The molecule has 0 atom stereocenters. The second kappa shape index (κ2) is 2.20. The normalized spacial score (nSPS) is 10.2. The standard InChI is InChI=1S/C8H6N2O/c11-8-7-4-2-1-3-6(7)5-9-10-8/h1-5H,(H,10,11)/p+1. The van der Waals surface area contributed by atoms with Gasteiger partial charge in [-0.1, -0.05) is 18.2 Å². The highest BCUT2D eigenvalue weighted by atomic mass is 16.1. The third kappa shape index (κ3) is 0.902. The highest BCUT2D eigenvalue weighted by Crippen LogP contribution is 2.04. The Morgan fingerprint density at radius 2 is 2.18 bits per heavy atom. The lowest BCUT2D eigenvalue weighted by molar-refractivity contribution is 1.01. The number of hydrogen-bond acceptors (Lipinski definition) is 2. The Labute approximate surface area is 64.2 Å². The Balaban J connectivity index is 0.000000720. The summed E-state index contributed by atoms with van der Waals surface area (Å²) in [5, 5.41) is 7.60. The molecule has 0 aliphatic carbocycles. The third-order valence-corrected chi connectivity index (χ3v) is 1.58. The van der Waals surface area contributed by atoms with Crippen LogP contribution in [0.2, 0.25) is 0 Å². The second-order valence-corrected chi connectivity index (χ2v) is 2.29. The van der Waals surface area contributed by atoms with E-state index in [0.717, 1.165) is 5.39 Å². The monoisotopic (exact) mass is 147 g/mol. The topological polar surface area (TPSA) is 45.8 Å². The van der Waals surface area contributed by atoms with Gasteiger partial charge in [0.1, 0.15) is 0 Å². The number of hydrogen-bond donors (Lipinski definition) is 1. The molecule has 0 unspecified atom stereocenters. The summed E-state index contributed by atoms with van der Waals surface area (Å²) >= 11 is 0. The molecule has 1 N–H and O–H groups in total. The highest BCUT2D eigenvalue weighted by Gasteiger charge is 1.93. The van der Waals surface area contributed by atoms with E-state index in [1.807, 2.05) is 18.2 Å². The number of aromatic nitrogens is 2. The average Bonchev–Trinajstić information content (AvgIpc) is 2.06. The van der Waals surface area contributed by atoms with Crippen LogP contribution in [-0.2, 0) is 0 Å². The zero-order chi connectivity index (χ0) is 7.68. The van der Waals surface area contributed by atoms with Crippen LogP contribution in [0, 0.1) is 0 Å². The molecule has 2 rings (SSSR count). The summed E-state index contributed by atoms with van der Waals surface area (Å²) in [5.41, 5.74) is -0.136. The van der Waals surface area contributed by atoms with Crippen LogP contribution in [0.25, 0.3) is 10.8 Å². The van der Waals surface area contributed by atoms with Crippen molar-refractivity contribution in [2.24, 2.45) is 0 Å². The quantitative estimate of drug-likeness (QED) is 0.605. The number of aromatic amines is 1. The Morgan fingerprint density at radius 3 is 3.00 bits per heavy atom. The van der Waals surface area contributed by atoms with Gasteiger partial charge in [0.25, 0.3) is 5.56 Å². The molecule has 1 aromatic carbocycles. The number of benzene rings is 1. The van der Waals surface area contributed by atoms with Crippen molar-refractivity contribution in [2.45, 2.75) is 0 Å². The molecule has 0 bridgehead atoms. The Hall–Kier alpha value is -1.64. The molecule has 0 saturated heterocycles. The molecule has 54 valence electrons. The van der Waals surface area contributed by atoms with Crippen molar-refractivity contribution < 1.29 is 1.43 Å². The van der Waals surface area contributed by atoms with Crippen LogP contribution in [0.15, 0.2) is 35.3 Å². The highest BCUT2D eigenvalue weighted by molar-refractivity contribution is 5.80. The number of rotatable bonds is 0. The largest absolute Gasteiger partial charge is 1.00 e. The van der Waals surface area contributed by atoms with Crippen molar-refractivity contribution in [3.63, 3.8) is 0 Å². The summed E-state index contributed by atoms with van der Waals surface area (Å²) in [6, 6.07) is 7.34. The molecule has 1 aromatic heterocycles. The molecule has 0 fully saturated rings. The first-order valence-corrected chi connectivity index (χ1v) is 3.30. The summed E-state index contributed by atoms with van der Waals surface area (Å²) in [4.78, 5) is 11.1. The number of nitrogens with zero attached hydrogens (tertiary/aromatic N) is 1. The lowest BCUT2D eigenvalue weighted by Crippen LogP contribution is -2.06.